The molecule has 10 aromatic carbocycles. The van der Waals surface area contributed by atoms with E-state index in [1.165, 1.54) is 0 Å². The molecule has 0 N–H and O–H groups in total. The first-order valence-corrected chi connectivity index (χ1v) is 28.0. The molecule has 10 rings (SSSR count). The standard InChI is InChI=1S/C76H68N2O8/c1-79-65-33-13-55(14-34-65)73(56-15-35-66(80-2)36-16-56)49-77(50-74(57-17-37-67(81-3)38-18-57)58-19-39-68(82-4)40-20-58)63-29-9-53(10-30-63)54-11-31-64(32-12-54)78(51-75(59-21-41-69(83-5)42-22-59)60-23-43-70(84-6)44-24-60)52-76(61-25-45-71(85-7)46-26-61)62-27-47-72(86-8)48-28-62/h9-52H,1-8H3. The van der Waals surface area contributed by atoms with Gasteiger partial charge < -0.3 is 47.7 Å². The van der Waals surface area contributed by atoms with E-state index in [0.29, 0.717) is 0 Å². The molecule has 0 aliphatic heterocycles. The van der Waals surface area contributed by atoms with E-state index < -0.39 is 0 Å². The van der Waals surface area contributed by atoms with E-state index in [-0.39, 0.29) is 0 Å². The molecule has 0 spiro atoms. The molecule has 0 saturated heterocycles. The van der Waals surface area contributed by atoms with Crippen LogP contribution in [0.3, 0.4) is 0 Å². The molecule has 10 heteroatoms. The minimum atomic E-state index is 0.767. The van der Waals surface area contributed by atoms with Gasteiger partial charge in [0.1, 0.15) is 46.0 Å². The van der Waals surface area contributed by atoms with Crippen molar-refractivity contribution < 1.29 is 37.9 Å². The highest BCUT2D eigenvalue weighted by Crippen LogP contribution is 2.37. The highest BCUT2D eigenvalue weighted by atomic mass is 16.5. The minimum absolute atomic E-state index is 0.767. The Labute approximate surface area is 504 Å². The van der Waals surface area contributed by atoms with Gasteiger partial charge in [-0.15, -0.1) is 0 Å². The van der Waals surface area contributed by atoms with Gasteiger partial charge in [0, 0.05) is 58.5 Å². The summed E-state index contributed by atoms with van der Waals surface area (Å²) in [5, 5.41) is 0. The van der Waals surface area contributed by atoms with Crippen molar-refractivity contribution in [3.8, 4) is 57.1 Å². The first-order chi connectivity index (χ1) is 42.2. The molecule has 0 saturated carbocycles. The fourth-order valence-electron chi connectivity index (χ4n) is 10.0. The van der Waals surface area contributed by atoms with E-state index in [1.54, 1.807) is 56.9 Å². The molecule has 10 nitrogen and oxygen atoms in total. The SMILES string of the molecule is COc1ccc(C(=CN(C=C(c2ccc(OC)cc2)c2ccc(OC)cc2)c2ccc(-c3ccc(N(C=C(c4ccc(OC)cc4)c4ccc(OC)cc4)C=C(c4ccc(OC)cc4)c4ccc(OC)cc4)cc3)cc2)c2ccc(OC)cc2)cc1. The van der Waals surface area contributed by atoms with Crippen LogP contribution in [0.4, 0.5) is 11.4 Å². The van der Waals surface area contributed by atoms with Gasteiger partial charge in [0.2, 0.25) is 0 Å². The molecule has 0 aliphatic carbocycles. The average molecular weight is 1140 g/mol. The van der Waals surface area contributed by atoms with Crippen molar-refractivity contribution >= 4 is 33.7 Å². The van der Waals surface area contributed by atoms with E-state index in [4.69, 9.17) is 37.9 Å². The maximum atomic E-state index is 5.61. The molecule has 0 unspecified atom stereocenters. The lowest BCUT2D eigenvalue weighted by molar-refractivity contribution is 0.414. The van der Waals surface area contributed by atoms with Crippen LogP contribution in [0.25, 0.3) is 33.4 Å². The third-order valence-electron chi connectivity index (χ3n) is 14.9. The summed E-state index contributed by atoms with van der Waals surface area (Å²) in [6.07, 6.45) is 8.76. The maximum absolute atomic E-state index is 5.61. The predicted octanol–water partition coefficient (Wildman–Crippen LogP) is 17.4. The first kappa shape index (κ1) is 58.4. The summed E-state index contributed by atoms with van der Waals surface area (Å²) in [5.74, 6) is 6.14. The number of anilines is 2. The molecule has 0 atom stereocenters. The molecule has 0 bridgehead atoms. The Morgan fingerprint density at radius 2 is 0.337 bits per heavy atom. The molecule has 0 radical (unpaired) electrons. The first-order valence-electron chi connectivity index (χ1n) is 28.0. The Balaban J connectivity index is 1.11. The van der Waals surface area contributed by atoms with Crippen molar-refractivity contribution in [2.24, 2.45) is 0 Å². The molecule has 86 heavy (non-hydrogen) atoms. The summed E-state index contributed by atoms with van der Waals surface area (Å²) in [6, 6.07) is 82.5. The highest BCUT2D eigenvalue weighted by molar-refractivity contribution is 5.89. The van der Waals surface area contributed by atoms with Crippen LogP contribution >= 0.6 is 0 Å². The Kier molecular flexibility index (Phi) is 19.0. The van der Waals surface area contributed by atoms with Gasteiger partial charge in [-0.3, -0.25) is 0 Å². The molecular formula is C76H68N2O8. The molecule has 0 amide bonds. The number of rotatable bonds is 23. The molecule has 0 aromatic heterocycles. The number of ether oxygens (including phenoxy) is 8. The molecule has 0 heterocycles. The van der Waals surface area contributed by atoms with E-state index in [0.717, 1.165) is 135 Å². The molecule has 0 aliphatic rings. The van der Waals surface area contributed by atoms with Crippen LogP contribution in [0.15, 0.2) is 267 Å². The van der Waals surface area contributed by atoms with Gasteiger partial charge in [-0.05, 0) is 177 Å². The summed E-state index contributed by atoms with van der Waals surface area (Å²) in [4.78, 5) is 4.40. The second kappa shape index (κ2) is 28.0. The lowest BCUT2D eigenvalue weighted by Crippen LogP contribution is -2.11. The van der Waals surface area contributed by atoms with Gasteiger partial charge in [-0.2, -0.15) is 0 Å². The predicted molar refractivity (Wildman–Crippen MR) is 349 cm³/mol. The Hall–Kier alpha value is -10.8. The normalized spacial score (nSPS) is 10.6. The van der Waals surface area contributed by atoms with Crippen LogP contribution < -0.4 is 47.7 Å². The van der Waals surface area contributed by atoms with Crippen molar-refractivity contribution in [2.45, 2.75) is 0 Å². The van der Waals surface area contributed by atoms with Crippen LogP contribution in [-0.2, 0) is 0 Å². The van der Waals surface area contributed by atoms with E-state index >= 15 is 0 Å². The lowest BCUT2D eigenvalue weighted by Gasteiger charge is -2.23. The summed E-state index contributed by atoms with van der Waals surface area (Å²) >= 11 is 0. The van der Waals surface area contributed by atoms with Gasteiger partial charge in [0.05, 0.1) is 56.9 Å². The van der Waals surface area contributed by atoms with E-state index in [1.807, 2.05) is 97.1 Å². The fraction of sp³-hybridized carbons (Fsp3) is 0.105. The van der Waals surface area contributed by atoms with Crippen LogP contribution in [0.5, 0.6) is 46.0 Å². The Morgan fingerprint density at radius 1 is 0.198 bits per heavy atom. The van der Waals surface area contributed by atoms with Crippen LogP contribution in [0, 0.1) is 0 Å². The summed E-state index contributed by atoms with van der Waals surface area (Å²) in [7, 11) is 13.4. The third kappa shape index (κ3) is 14.0. The third-order valence-corrected chi connectivity index (χ3v) is 14.9. The lowest BCUT2D eigenvalue weighted by atomic mass is 9.96. The second-order valence-corrected chi connectivity index (χ2v) is 19.9. The maximum Gasteiger partial charge on any atom is 0.118 e. The number of hydrogen-bond acceptors (Lipinski definition) is 10. The van der Waals surface area contributed by atoms with Gasteiger partial charge in [0.25, 0.3) is 0 Å². The summed E-state index contributed by atoms with van der Waals surface area (Å²) < 4.78 is 44.9. The van der Waals surface area contributed by atoms with Crippen LogP contribution in [0.1, 0.15) is 44.5 Å². The van der Waals surface area contributed by atoms with Gasteiger partial charge in [0.15, 0.2) is 0 Å². The highest BCUT2D eigenvalue weighted by Gasteiger charge is 2.18. The fourth-order valence-corrected chi connectivity index (χ4v) is 10.0. The summed E-state index contributed by atoms with van der Waals surface area (Å²) in [6.45, 7) is 0. The average Bonchev–Trinajstić information content (AvgIpc) is 3.77. The molecular weight excluding hydrogens is 1070 g/mol. The number of methoxy groups -OCH3 is 8. The van der Waals surface area contributed by atoms with Crippen LogP contribution in [0.2, 0.25) is 0 Å². The largest absolute Gasteiger partial charge is 0.497 e. The topological polar surface area (TPSA) is 80.3 Å². The van der Waals surface area contributed by atoms with Crippen molar-refractivity contribution in [1.29, 1.82) is 0 Å². The summed E-state index contributed by atoms with van der Waals surface area (Å²) in [5.41, 5.74) is 15.9. The zero-order valence-corrected chi connectivity index (χ0v) is 49.6. The van der Waals surface area contributed by atoms with Crippen LogP contribution in [-0.4, -0.2) is 56.9 Å². The van der Waals surface area contributed by atoms with E-state index in [9.17, 15) is 0 Å². The van der Waals surface area contributed by atoms with Gasteiger partial charge in [-0.25, -0.2) is 0 Å². The number of hydrogen-bond donors (Lipinski definition) is 0. The number of benzene rings is 10. The zero-order valence-electron chi connectivity index (χ0n) is 49.6. The quantitative estimate of drug-likeness (QED) is 0.0618. The monoisotopic (exact) mass is 1140 g/mol. The molecule has 0 fully saturated rings. The van der Waals surface area contributed by atoms with Gasteiger partial charge >= 0.3 is 0 Å². The van der Waals surface area contributed by atoms with Crippen molar-refractivity contribution in [3.63, 3.8) is 0 Å². The Morgan fingerprint density at radius 3 is 0.465 bits per heavy atom. The van der Waals surface area contributed by atoms with Crippen molar-refractivity contribution in [2.75, 3.05) is 66.7 Å². The minimum Gasteiger partial charge on any atom is -0.497 e. The molecule has 430 valence electrons. The smallest absolute Gasteiger partial charge is 0.118 e. The zero-order chi connectivity index (χ0) is 59.8. The Bertz CT molecular complexity index is 3250. The van der Waals surface area contributed by atoms with E-state index in [2.05, 4.69) is 180 Å². The second-order valence-electron chi connectivity index (χ2n) is 19.9. The van der Waals surface area contributed by atoms with Crippen molar-refractivity contribution in [3.05, 3.63) is 312 Å². The van der Waals surface area contributed by atoms with Gasteiger partial charge in [-0.1, -0.05) is 121 Å². The van der Waals surface area contributed by atoms with Crippen molar-refractivity contribution in [1.82, 2.24) is 0 Å². The number of nitrogens with zero attached hydrogens (tertiary/aromatic N) is 2. The molecule has 10 aromatic rings.